The molecule has 0 aliphatic carbocycles. The lowest BCUT2D eigenvalue weighted by atomic mass is 9.87. The standard InChI is InChI=1S/C16H20N2O2/c1-5-13-17-14(19)10-15(18-13)20-12-8-6-11(7-9-12)16(2,3)4/h6-10H,5H2,1-4H3,(H,17,18,19). The minimum Gasteiger partial charge on any atom is -0.439 e. The quantitative estimate of drug-likeness (QED) is 0.931. The molecular weight excluding hydrogens is 252 g/mol. The molecule has 106 valence electrons. The average Bonchev–Trinajstić information content (AvgIpc) is 2.37. The van der Waals surface area contributed by atoms with Crippen LogP contribution in [0.2, 0.25) is 0 Å². The smallest absolute Gasteiger partial charge is 0.254 e. The van der Waals surface area contributed by atoms with Crippen LogP contribution >= 0.6 is 0 Å². The van der Waals surface area contributed by atoms with Crippen molar-refractivity contribution >= 4 is 0 Å². The average molecular weight is 272 g/mol. The van der Waals surface area contributed by atoms with E-state index < -0.39 is 0 Å². The molecule has 0 amide bonds. The van der Waals surface area contributed by atoms with E-state index in [1.165, 1.54) is 11.6 Å². The molecule has 2 aromatic rings. The number of nitrogens with one attached hydrogen (secondary N) is 1. The molecule has 0 spiro atoms. The van der Waals surface area contributed by atoms with Crippen molar-refractivity contribution in [2.75, 3.05) is 0 Å². The summed E-state index contributed by atoms with van der Waals surface area (Å²) in [6, 6.07) is 9.22. The Kier molecular flexibility index (Phi) is 3.93. The summed E-state index contributed by atoms with van der Waals surface area (Å²) >= 11 is 0. The number of H-pyrrole nitrogens is 1. The summed E-state index contributed by atoms with van der Waals surface area (Å²) in [6.45, 7) is 8.41. The van der Waals surface area contributed by atoms with Crippen LogP contribution in [0.1, 0.15) is 39.1 Å². The van der Waals surface area contributed by atoms with E-state index in [1.807, 2.05) is 31.2 Å². The minimum atomic E-state index is -0.196. The number of hydrogen-bond acceptors (Lipinski definition) is 3. The van der Waals surface area contributed by atoms with Crippen LogP contribution in [0.3, 0.4) is 0 Å². The van der Waals surface area contributed by atoms with Gasteiger partial charge in [0.15, 0.2) is 0 Å². The molecule has 1 aromatic heterocycles. The fraction of sp³-hybridized carbons (Fsp3) is 0.375. The Balaban J connectivity index is 2.22. The normalized spacial score (nSPS) is 11.4. The molecule has 1 heterocycles. The fourth-order valence-electron chi connectivity index (χ4n) is 1.85. The third-order valence-corrected chi connectivity index (χ3v) is 3.04. The number of rotatable bonds is 3. The predicted octanol–water partition coefficient (Wildman–Crippen LogP) is 3.42. The van der Waals surface area contributed by atoms with Crippen LogP contribution in [0.5, 0.6) is 11.6 Å². The van der Waals surface area contributed by atoms with Gasteiger partial charge < -0.3 is 9.72 Å². The maximum Gasteiger partial charge on any atom is 0.254 e. The van der Waals surface area contributed by atoms with Crippen LogP contribution in [0.25, 0.3) is 0 Å². The van der Waals surface area contributed by atoms with Crippen LogP contribution in [-0.4, -0.2) is 9.97 Å². The number of hydrogen-bond donors (Lipinski definition) is 1. The van der Waals surface area contributed by atoms with E-state index in [9.17, 15) is 4.79 Å². The van der Waals surface area contributed by atoms with Crippen molar-refractivity contribution in [2.45, 2.75) is 39.5 Å². The van der Waals surface area contributed by atoms with E-state index in [0.717, 1.165) is 0 Å². The van der Waals surface area contributed by atoms with Gasteiger partial charge in [-0.1, -0.05) is 39.8 Å². The van der Waals surface area contributed by atoms with Crippen LogP contribution < -0.4 is 10.3 Å². The van der Waals surface area contributed by atoms with Crippen LogP contribution in [0.4, 0.5) is 0 Å². The van der Waals surface area contributed by atoms with Gasteiger partial charge in [0, 0.05) is 6.42 Å². The SMILES string of the molecule is CCc1nc(Oc2ccc(C(C)(C)C)cc2)cc(=O)[nH]1. The van der Waals surface area contributed by atoms with Crippen molar-refractivity contribution in [1.82, 2.24) is 9.97 Å². The second-order valence-electron chi connectivity index (χ2n) is 5.76. The molecule has 0 radical (unpaired) electrons. The van der Waals surface area contributed by atoms with Crippen LogP contribution in [0.15, 0.2) is 35.1 Å². The van der Waals surface area contributed by atoms with Gasteiger partial charge in [-0.25, -0.2) is 0 Å². The first kappa shape index (κ1) is 14.3. The van der Waals surface area contributed by atoms with Crippen molar-refractivity contribution in [3.63, 3.8) is 0 Å². The maximum atomic E-state index is 11.5. The van der Waals surface area contributed by atoms with Gasteiger partial charge in [0.25, 0.3) is 5.56 Å². The Bertz CT molecular complexity index is 637. The van der Waals surface area contributed by atoms with E-state index in [0.29, 0.717) is 23.9 Å². The molecule has 0 atom stereocenters. The molecule has 4 heteroatoms. The third kappa shape index (κ3) is 3.47. The lowest BCUT2D eigenvalue weighted by molar-refractivity contribution is 0.457. The first-order valence-corrected chi connectivity index (χ1v) is 6.77. The minimum absolute atomic E-state index is 0.107. The molecular formula is C16H20N2O2. The highest BCUT2D eigenvalue weighted by Crippen LogP contribution is 2.25. The van der Waals surface area contributed by atoms with E-state index in [1.54, 1.807) is 0 Å². The molecule has 4 nitrogen and oxygen atoms in total. The molecule has 0 saturated carbocycles. The van der Waals surface area contributed by atoms with Gasteiger partial charge in [0.05, 0.1) is 6.07 Å². The van der Waals surface area contributed by atoms with E-state index in [-0.39, 0.29) is 11.0 Å². The Hall–Kier alpha value is -2.10. The molecule has 1 aromatic carbocycles. The topological polar surface area (TPSA) is 55.0 Å². The number of ether oxygens (including phenoxy) is 1. The van der Waals surface area contributed by atoms with Gasteiger partial charge in [-0.15, -0.1) is 0 Å². The summed E-state index contributed by atoms with van der Waals surface area (Å²) in [6.07, 6.45) is 0.662. The molecule has 1 N–H and O–H groups in total. The van der Waals surface area contributed by atoms with E-state index >= 15 is 0 Å². The third-order valence-electron chi connectivity index (χ3n) is 3.04. The molecule has 20 heavy (non-hydrogen) atoms. The Labute approximate surface area is 118 Å². The van der Waals surface area contributed by atoms with Gasteiger partial charge in [-0.3, -0.25) is 4.79 Å². The van der Waals surface area contributed by atoms with Crippen molar-refractivity contribution in [3.05, 3.63) is 52.1 Å². The van der Waals surface area contributed by atoms with E-state index in [4.69, 9.17) is 4.74 Å². The van der Waals surface area contributed by atoms with E-state index in [2.05, 4.69) is 30.7 Å². The highest BCUT2D eigenvalue weighted by molar-refractivity contribution is 5.33. The van der Waals surface area contributed by atoms with Gasteiger partial charge in [-0.2, -0.15) is 4.98 Å². The summed E-state index contributed by atoms with van der Waals surface area (Å²) in [4.78, 5) is 18.4. The summed E-state index contributed by atoms with van der Waals surface area (Å²) in [7, 11) is 0. The summed E-state index contributed by atoms with van der Waals surface area (Å²) in [5.74, 6) is 1.63. The van der Waals surface area contributed by atoms with Crippen LogP contribution in [-0.2, 0) is 11.8 Å². The number of benzene rings is 1. The highest BCUT2D eigenvalue weighted by Gasteiger charge is 2.13. The number of aryl methyl sites for hydroxylation is 1. The molecule has 0 saturated heterocycles. The predicted molar refractivity (Wildman–Crippen MR) is 79.5 cm³/mol. The molecule has 0 fully saturated rings. The van der Waals surface area contributed by atoms with Gasteiger partial charge >= 0.3 is 0 Å². The second kappa shape index (κ2) is 5.49. The molecule has 0 aliphatic rings. The Morgan fingerprint density at radius 3 is 2.40 bits per heavy atom. The zero-order chi connectivity index (χ0) is 14.8. The number of nitrogens with zero attached hydrogens (tertiary/aromatic N) is 1. The fourth-order valence-corrected chi connectivity index (χ4v) is 1.85. The van der Waals surface area contributed by atoms with Crippen molar-refractivity contribution in [3.8, 4) is 11.6 Å². The zero-order valence-corrected chi connectivity index (χ0v) is 12.4. The summed E-state index contributed by atoms with van der Waals surface area (Å²) in [5, 5.41) is 0. The molecule has 0 aliphatic heterocycles. The molecule has 0 bridgehead atoms. The maximum absolute atomic E-state index is 11.5. The van der Waals surface area contributed by atoms with Gasteiger partial charge in [-0.05, 0) is 23.1 Å². The first-order valence-electron chi connectivity index (χ1n) is 6.77. The van der Waals surface area contributed by atoms with Crippen molar-refractivity contribution in [1.29, 1.82) is 0 Å². The molecule has 0 unspecified atom stereocenters. The number of aromatic amines is 1. The van der Waals surface area contributed by atoms with Crippen LogP contribution in [0, 0.1) is 0 Å². The number of aromatic nitrogens is 2. The largest absolute Gasteiger partial charge is 0.439 e. The Morgan fingerprint density at radius 1 is 1.20 bits per heavy atom. The van der Waals surface area contributed by atoms with Gasteiger partial charge in [0.2, 0.25) is 5.88 Å². The molecule has 2 rings (SSSR count). The lowest BCUT2D eigenvalue weighted by Gasteiger charge is -2.19. The highest BCUT2D eigenvalue weighted by atomic mass is 16.5. The Morgan fingerprint density at radius 2 is 1.85 bits per heavy atom. The summed E-state index contributed by atoms with van der Waals surface area (Å²) in [5.41, 5.74) is 1.15. The summed E-state index contributed by atoms with van der Waals surface area (Å²) < 4.78 is 5.64. The van der Waals surface area contributed by atoms with Gasteiger partial charge in [0.1, 0.15) is 11.6 Å². The monoisotopic (exact) mass is 272 g/mol. The lowest BCUT2D eigenvalue weighted by Crippen LogP contribution is -2.11. The second-order valence-corrected chi connectivity index (χ2v) is 5.76. The van der Waals surface area contributed by atoms with Crippen molar-refractivity contribution < 1.29 is 4.74 Å². The first-order chi connectivity index (χ1) is 9.38. The zero-order valence-electron chi connectivity index (χ0n) is 12.4. The van der Waals surface area contributed by atoms with Crippen molar-refractivity contribution in [2.24, 2.45) is 0 Å².